The standard InChI is InChI=1S/C15H10BrNO2S/c1-8-2-3-11-9(6-8)10(15(19)17-11)7-12(18)13-4-5-14(16)20-13/h2-7H,1H3,(H,17,19)/b10-7+. The van der Waals surface area contributed by atoms with E-state index in [1.807, 2.05) is 31.2 Å². The highest BCUT2D eigenvalue weighted by Gasteiger charge is 2.25. The van der Waals surface area contributed by atoms with Gasteiger partial charge in [-0.05, 0) is 47.1 Å². The molecule has 0 unspecified atom stereocenters. The average molecular weight is 348 g/mol. The molecule has 2 heterocycles. The van der Waals surface area contributed by atoms with Crippen molar-refractivity contribution in [3.05, 3.63) is 56.2 Å². The second kappa shape index (κ2) is 5.00. The predicted molar refractivity (Wildman–Crippen MR) is 84.1 cm³/mol. The molecule has 2 aromatic rings. The van der Waals surface area contributed by atoms with Crippen molar-refractivity contribution in [3.63, 3.8) is 0 Å². The van der Waals surface area contributed by atoms with Crippen LogP contribution in [0.2, 0.25) is 0 Å². The molecule has 3 rings (SSSR count). The second-order valence-electron chi connectivity index (χ2n) is 4.53. The van der Waals surface area contributed by atoms with Crippen molar-refractivity contribution in [2.75, 3.05) is 5.32 Å². The number of allylic oxidation sites excluding steroid dienone is 1. The van der Waals surface area contributed by atoms with E-state index >= 15 is 0 Å². The Morgan fingerprint density at radius 3 is 2.80 bits per heavy atom. The van der Waals surface area contributed by atoms with Crippen molar-refractivity contribution in [3.8, 4) is 0 Å². The number of aryl methyl sites for hydroxylation is 1. The lowest BCUT2D eigenvalue weighted by molar-refractivity contribution is -0.110. The maximum atomic E-state index is 12.2. The normalized spacial score (nSPS) is 15.3. The summed E-state index contributed by atoms with van der Waals surface area (Å²) in [6.07, 6.45) is 1.42. The zero-order valence-electron chi connectivity index (χ0n) is 10.6. The maximum Gasteiger partial charge on any atom is 0.256 e. The van der Waals surface area contributed by atoms with Crippen molar-refractivity contribution in [1.82, 2.24) is 0 Å². The first kappa shape index (κ1) is 13.3. The second-order valence-corrected chi connectivity index (χ2v) is 6.99. The van der Waals surface area contributed by atoms with Gasteiger partial charge in [-0.15, -0.1) is 11.3 Å². The quantitative estimate of drug-likeness (QED) is 0.658. The summed E-state index contributed by atoms with van der Waals surface area (Å²) in [6.45, 7) is 1.96. The number of benzene rings is 1. The van der Waals surface area contributed by atoms with Crippen LogP contribution in [0.3, 0.4) is 0 Å². The van der Waals surface area contributed by atoms with E-state index < -0.39 is 0 Å². The zero-order valence-corrected chi connectivity index (χ0v) is 13.0. The number of hydrogen-bond donors (Lipinski definition) is 1. The Labute approximate surface area is 128 Å². The van der Waals surface area contributed by atoms with Crippen LogP contribution in [0.4, 0.5) is 5.69 Å². The lowest BCUT2D eigenvalue weighted by Crippen LogP contribution is -2.05. The van der Waals surface area contributed by atoms with E-state index in [4.69, 9.17) is 0 Å². The number of ketones is 1. The number of thiophene rings is 1. The van der Waals surface area contributed by atoms with Gasteiger partial charge in [0.15, 0.2) is 5.78 Å². The minimum atomic E-state index is -0.227. The van der Waals surface area contributed by atoms with Gasteiger partial charge < -0.3 is 5.32 Å². The Morgan fingerprint density at radius 2 is 2.10 bits per heavy atom. The Morgan fingerprint density at radius 1 is 1.30 bits per heavy atom. The fourth-order valence-corrected chi connectivity index (χ4v) is 3.39. The Kier molecular flexibility index (Phi) is 3.31. The van der Waals surface area contributed by atoms with Gasteiger partial charge in [-0.2, -0.15) is 0 Å². The van der Waals surface area contributed by atoms with Gasteiger partial charge in [-0.1, -0.05) is 11.6 Å². The van der Waals surface area contributed by atoms with Gasteiger partial charge in [-0.3, -0.25) is 9.59 Å². The topological polar surface area (TPSA) is 46.2 Å². The first-order valence-corrected chi connectivity index (χ1v) is 7.59. The molecule has 1 N–H and O–H groups in total. The van der Waals surface area contributed by atoms with Gasteiger partial charge in [0.1, 0.15) is 0 Å². The summed E-state index contributed by atoms with van der Waals surface area (Å²) in [7, 11) is 0. The van der Waals surface area contributed by atoms with Crippen LogP contribution in [-0.2, 0) is 4.79 Å². The Bertz CT molecular complexity index is 761. The Hall–Kier alpha value is -1.72. The van der Waals surface area contributed by atoms with E-state index in [0.29, 0.717) is 10.5 Å². The molecule has 100 valence electrons. The molecule has 0 fully saturated rings. The molecule has 0 radical (unpaired) electrons. The van der Waals surface area contributed by atoms with Crippen molar-refractivity contribution in [1.29, 1.82) is 0 Å². The number of nitrogens with one attached hydrogen (secondary N) is 1. The summed E-state index contributed by atoms with van der Waals surface area (Å²) < 4.78 is 0.895. The van der Waals surface area contributed by atoms with Gasteiger partial charge >= 0.3 is 0 Å². The fraction of sp³-hybridized carbons (Fsp3) is 0.0667. The van der Waals surface area contributed by atoms with E-state index in [0.717, 1.165) is 20.6 Å². The molecule has 0 bridgehead atoms. The van der Waals surface area contributed by atoms with E-state index in [1.165, 1.54) is 17.4 Å². The lowest BCUT2D eigenvalue weighted by atomic mass is 10.0. The molecule has 0 atom stereocenters. The van der Waals surface area contributed by atoms with Crippen molar-refractivity contribution >= 4 is 50.2 Å². The van der Waals surface area contributed by atoms with Crippen LogP contribution in [0.15, 0.2) is 40.2 Å². The number of halogens is 1. The maximum absolute atomic E-state index is 12.2. The fourth-order valence-electron chi connectivity index (χ4n) is 2.09. The minimum Gasteiger partial charge on any atom is -0.321 e. The summed E-state index contributed by atoms with van der Waals surface area (Å²) >= 11 is 4.68. The van der Waals surface area contributed by atoms with Crippen molar-refractivity contribution in [2.45, 2.75) is 6.92 Å². The summed E-state index contributed by atoms with van der Waals surface area (Å²) in [4.78, 5) is 24.8. The minimum absolute atomic E-state index is 0.153. The number of amides is 1. The van der Waals surface area contributed by atoms with Crippen LogP contribution in [0.5, 0.6) is 0 Å². The highest BCUT2D eigenvalue weighted by atomic mass is 79.9. The summed E-state index contributed by atoms with van der Waals surface area (Å²) in [5, 5.41) is 2.77. The van der Waals surface area contributed by atoms with Gasteiger partial charge in [-0.25, -0.2) is 0 Å². The number of rotatable bonds is 2. The summed E-state index contributed by atoms with van der Waals surface area (Å²) in [6, 6.07) is 9.27. The van der Waals surface area contributed by atoms with Gasteiger partial charge in [0.25, 0.3) is 5.91 Å². The molecule has 1 aromatic heterocycles. The third-order valence-electron chi connectivity index (χ3n) is 3.05. The van der Waals surface area contributed by atoms with Crippen LogP contribution >= 0.6 is 27.3 Å². The summed E-state index contributed by atoms with van der Waals surface area (Å²) in [5.41, 5.74) is 3.03. The summed E-state index contributed by atoms with van der Waals surface area (Å²) in [5.74, 6) is -0.380. The smallest absolute Gasteiger partial charge is 0.256 e. The highest BCUT2D eigenvalue weighted by molar-refractivity contribution is 9.11. The molecule has 1 aliphatic heterocycles. The largest absolute Gasteiger partial charge is 0.321 e. The molecule has 0 spiro atoms. The van der Waals surface area contributed by atoms with E-state index in [1.54, 1.807) is 6.07 Å². The molecule has 0 saturated carbocycles. The van der Waals surface area contributed by atoms with Crippen molar-refractivity contribution in [2.24, 2.45) is 0 Å². The van der Waals surface area contributed by atoms with E-state index in [2.05, 4.69) is 21.2 Å². The number of anilines is 1. The van der Waals surface area contributed by atoms with Crippen LogP contribution < -0.4 is 5.32 Å². The molecule has 0 saturated heterocycles. The van der Waals surface area contributed by atoms with Gasteiger partial charge in [0, 0.05) is 17.3 Å². The predicted octanol–water partition coefficient (Wildman–Crippen LogP) is 4.04. The number of carbonyl (C=O) groups excluding carboxylic acids is 2. The SMILES string of the molecule is Cc1ccc2c(c1)/C(=C\C(=O)c1ccc(Br)s1)C(=O)N2. The average Bonchev–Trinajstić information content (AvgIpc) is 2.95. The first-order valence-electron chi connectivity index (χ1n) is 5.98. The molecule has 20 heavy (non-hydrogen) atoms. The molecule has 1 aliphatic rings. The van der Waals surface area contributed by atoms with Crippen molar-refractivity contribution < 1.29 is 9.59 Å². The number of fused-ring (bicyclic) bond motifs is 1. The molecule has 1 aromatic carbocycles. The third kappa shape index (κ3) is 2.34. The lowest BCUT2D eigenvalue weighted by Gasteiger charge is -1.99. The molecule has 1 amide bonds. The van der Waals surface area contributed by atoms with Gasteiger partial charge in [0.05, 0.1) is 14.2 Å². The Balaban J connectivity index is 2.02. The molecular formula is C15H10BrNO2S. The highest BCUT2D eigenvalue weighted by Crippen LogP contribution is 2.33. The molecule has 5 heteroatoms. The number of hydrogen-bond acceptors (Lipinski definition) is 3. The molecule has 0 aliphatic carbocycles. The first-order chi connectivity index (χ1) is 9.54. The van der Waals surface area contributed by atoms with Crippen LogP contribution in [0.1, 0.15) is 20.8 Å². The third-order valence-corrected chi connectivity index (χ3v) is 4.69. The molecular weight excluding hydrogens is 338 g/mol. The van der Waals surface area contributed by atoms with Gasteiger partial charge in [0.2, 0.25) is 0 Å². The molecule has 3 nitrogen and oxygen atoms in total. The van der Waals surface area contributed by atoms with E-state index in [-0.39, 0.29) is 11.7 Å². The monoisotopic (exact) mass is 347 g/mol. The van der Waals surface area contributed by atoms with Crippen LogP contribution in [-0.4, -0.2) is 11.7 Å². The zero-order chi connectivity index (χ0) is 14.3. The van der Waals surface area contributed by atoms with Crippen LogP contribution in [0.25, 0.3) is 5.57 Å². The van der Waals surface area contributed by atoms with Crippen LogP contribution in [0, 0.1) is 6.92 Å². The number of carbonyl (C=O) groups is 2. The van der Waals surface area contributed by atoms with E-state index in [9.17, 15) is 9.59 Å².